The molecular weight excluding hydrogens is 284 g/mol. The second kappa shape index (κ2) is 4.67. The Kier molecular flexibility index (Phi) is 2.90. The highest BCUT2D eigenvalue weighted by atomic mass is 35.5. The van der Waals surface area contributed by atoms with Crippen LogP contribution in [0.1, 0.15) is 36.8 Å². The molecule has 108 valence electrons. The molecule has 2 aromatic rings. The van der Waals surface area contributed by atoms with Crippen LogP contribution in [0.25, 0.3) is 0 Å². The second-order valence-corrected chi connectivity index (χ2v) is 6.39. The normalized spacial score (nSPS) is 26.8. The van der Waals surface area contributed by atoms with E-state index in [1.165, 1.54) is 18.4 Å². The highest BCUT2D eigenvalue weighted by Gasteiger charge is 2.52. The van der Waals surface area contributed by atoms with Crippen LogP contribution in [0.4, 0.5) is 0 Å². The van der Waals surface area contributed by atoms with E-state index >= 15 is 0 Å². The fraction of sp³-hybridized carbons (Fsp3) is 0.333. The van der Waals surface area contributed by atoms with Crippen LogP contribution in [-0.2, 0) is 5.41 Å². The van der Waals surface area contributed by atoms with Gasteiger partial charge >= 0.3 is 0 Å². The summed E-state index contributed by atoms with van der Waals surface area (Å²) in [6.07, 6.45) is 4.60. The molecule has 1 aliphatic carbocycles. The number of rotatable bonds is 1. The van der Waals surface area contributed by atoms with Crippen LogP contribution >= 0.6 is 11.6 Å². The molecule has 2 aromatic carbocycles. The Balaban J connectivity index is 1.96. The molecule has 0 unspecified atom stereocenters. The smallest absolute Gasteiger partial charge is 0.125 e. The minimum Gasteiger partial charge on any atom is -0.508 e. The van der Waals surface area contributed by atoms with E-state index in [-0.39, 0.29) is 11.5 Å². The molecule has 0 spiro atoms. The molecule has 0 amide bonds. The van der Waals surface area contributed by atoms with Gasteiger partial charge in [-0.3, -0.25) is 0 Å². The molecule has 4 rings (SSSR count). The number of phenolic OH excluding ortho intramolecular Hbond substituents is 1. The summed E-state index contributed by atoms with van der Waals surface area (Å²) >= 11 is 6.53. The first-order valence-corrected chi connectivity index (χ1v) is 7.85. The van der Waals surface area contributed by atoms with E-state index < -0.39 is 0 Å². The van der Waals surface area contributed by atoms with Gasteiger partial charge in [-0.05, 0) is 49.1 Å². The molecule has 3 heteroatoms. The number of halogens is 1. The number of aromatic hydroxyl groups is 1. The van der Waals surface area contributed by atoms with Gasteiger partial charge in [-0.25, -0.2) is 0 Å². The van der Waals surface area contributed by atoms with E-state index in [0.29, 0.717) is 5.75 Å². The Bertz CT molecular complexity index is 680. The van der Waals surface area contributed by atoms with Crippen molar-refractivity contribution in [3.05, 3.63) is 58.6 Å². The van der Waals surface area contributed by atoms with Gasteiger partial charge in [0.15, 0.2) is 0 Å². The Morgan fingerprint density at radius 3 is 2.71 bits per heavy atom. The van der Waals surface area contributed by atoms with E-state index in [4.69, 9.17) is 16.3 Å². The number of hydrogen-bond donors (Lipinski definition) is 1. The quantitative estimate of drug-likeness (QED) is 0.829. The van der Waals surface area contributed by atoms with E-state index in [2.05, 4.69) is 0 Å². The Hall–Kier alpha value is -1.67. The van der Waals surface area contributed by atoms with Gasteiger partial charge in [-0.1, -0.05) is 36.2 Å². The van der Waals surface area contributed by atoms with Crippen LogP contribution in [-0.4, -0.2) is 11.2 Å². The van der Waals surface area contributed by atoms with Crippen LogP contribution in [0.3, 0.4) is 0 Å². The molecule has 1 heterocycles. The number of phenols is 1. The lowest BCUT2D eigenvalue weighted by Gasteiger charge is -2.39. The maximum Gasteiger partial charge on any atom is 0.125 e. The first-order chi connectivity index (χ1) is 10.2. The van der Waals surface area contributed by atoms with Crippen molar-refractivity contribution >= 4 is 11.6 Å². The van der Waals surface area contributed by atoms with Crippen molar-refractivity contribution in [1.82, 2.24) is 0 Å². The minimum absolute atomic E-state index is 0.144. The standard InChI is InChI=1S/C18H17ClO2/c19-14-4-3-5-15-17(14)18(11-2-1-6-16(18)21-15)12-7-9-13(20)10-8-12/h3-5,7-10,16,20H,1-2,6,11H2/t16-,18-/m0/s1. The van der Waals surface area contributed by atoms with Crippen molar-refractivity contribution in [3.63, 3.8) is 0 Å². The lowest BCUT2D eigenvalue weighted by Crippen LogP contribution is -2.42. The summed E-state index contributed by atoms with van der Waals surface area (Å²) in [4.78, 5) is 0. The Morgan fingerprint density at radius 2 is 1.90 bits per heavy atom. The number of fused-ring (bicyclic) bond motifs is 3. The van der Waals surface area contributed by atoms with Gasteiger partial charge < -0.3 is 9.84 Å². The van der Waals surface area contributed by atoms with Crippen LogP contribution in [0.15, 0.2) is 42.5 Å². The topological polar surface area (TPSA) is 29.5 Å². The third kappa shape index (κ3) is 1.78. The zero-order valence-corrected chi connectivity index (χ0v) is 12.4. The third-order valence-electron chi connectivity index (χ3n) is 4.91. The molecule has 2 nitrogen and oxygen atoms in total. The SMILES string of the molecule is Oc1ccc([C@@]23CCCC[C@@H]2Oc2cccc(Cl)c23)cc1. The minimum atomic E-state index is -0.167. The van der Waals surface area contributed by atoms with Gasteiger partial charge in [-0.15, -0.1) is 0 Å². The van der Waals surface area contributed by atoms with Crippen molar-refractivity contribution in [1.29, 1.82) is 0 Å². The molecule has 21 heavy (non-hydrogen) atoms. The monoisotopic (exact) mass is 300 g/mol. The summed E-state index contributed by atoms with van der Waals surface area (Å²) in [5, 5.41) is 10.4. The van der Waals surface area contributed by atoms with Crippen LogP contribution < -0.4 is 4.74 Å². The van der Waals surface area contributed by atoms with E-state index in [1.54, 1.807) is 12.1 Å². The summed E-state index contributed by atoms with van der Waals surface area (Å²) in [6, 6.07) is 13.4. The number of hydrogen-bond acceptors (Lipinski definition) is 2. The summed E-state index contributed by atoms with van der Waals surface area (Å²) in [5.74, 6) is 1.21. The van der Waals surface area contributed by atoms with E-state index in [9.17, 15) is 5.11 Å². The summed E-state index contributed by atoms with van der Waals surface area (Å²) in [6.45, 7) is 0. The summed E-state index contributed by atoms with van der Waals surface area (Å²) in [7, 11) is 0. The average Bonchev–Trinajstić information content (AvgIpc) is 2.84. The lowest BCUT2D eigenvalue weighted by atomic mass is 9.64. The maximum absolute atomic E-state index is 9.59. The lowest BCUT2D eigenvalue weighted by molar-refractivity contribution is 0.123. The van der Waals surface area contributed by atoms with Gasteiger partial charge in [0, 0.05) is 10.6 Å². The molecule has 0 bridgehead atoms. The molecule has 1 fully saturated rings. The van der Waals surface area contributed by atoms with E-state index in [0.717, 1.165) is 29.2 Å². The van der Waals surface area contributed by atoms with Crippen molar-refractivity contribution < 1.29 is 9.84 Å². The van der Waals surface area contributed by atoms with Gasteiger partial charge in [0.2, 0.25) is 0 Å². The molecule has 2 aliphatic rings. The van der Waals surface area contributed by atoms with Crippen molar-refractivity contribution in [2.75, 3.05) is 0 Å². The van der Waals surface area contributed by atoms with Gasteiger partial charge in [0.1, 0.15) is 17.6 Å². The van der Waals surface area contributed by atoms with Gasteiger partial charge in [0.25, 0.3) is 0 Å². The zero-order valence-electron chi connectivity index (χ0n) is 11.7. The van der Waals surface area contributed by atoms with Crippen LogP contribution in [0.5, 0.6) is 11.5 Å². The van der Waals surface area contributed by atoms with Gasteiger partial charge in [0.05, 0.1) is 5.41 Å². The molecule has 1 aliphatic heterocycles. The number of ether oxygens (including phenoxy) is 1. The Labute approximate surface area is 129 Å². The molecule has 0 saturated heterocycles. The number of benzene rings is 2. The first-order valence-electron chi connectivity index (χ1n) is 7.47. The predicted molar refractivity (Wildman–Crippen MR) is 83.2 cm³/mol. The van der Waals surface area contributed by atoms with Crippen molar-refractivity contribution in [2.45, 2.75) is 37.2 Å². The fourth-order valence-electron chi connectivity index (χ4n) is 4.01. The average molecular weight is 301 g/mol. The van der Waals surface area contributed by atoms with Crippen molar-refractivity contribution in [2.24, 2.45) is 0 Å². The molecule has 0 aromatic heterocycles. The molecular formula is C18H17ClO2. The predicted octanol–water partition coefficient (Wildman–Crippen LogP) is 4.67. The second-order valence-electron chi connectivity index (χ2n) is 5.98. The van der Waals surface area contributed by atoms with Gasteiger partial charge in [-0.2, -0.15) is 0 Å². The largest absolute Gasteiger partial charge is 0.508 e. The molecule has 1 N–H and O–H groups in total. The third-order valence-corrected chi connectivity index (χ3v) is 5.23. The van der Waals surface area contributed by atoms with Crippen molar-refractivity contribution in [3.8, 4) is 11.5 Å². The first kappa shape index (κ1) is 13.0. The van der Waals surface area contributed by atoms with Crippen LogP contribution in [0, 0.1) is 0 Å². The Morgan fingerprint density at radius 1 is 1.10 bits per heavy atom. The maximum atomic E-state index is 9.59. The molecule has 2 atom stereocenters. The summed E-state index contributed by atoms with van der Waals surface area (Å²) < 4.78 is 6.23. The summed E-state index contributed by atoms with van der Waals surface area (Å²) in [5.41, 5.74) is 2.15. The van der Waals surface area contributed by atoms with Crippen LogP contribution in [0.2, 0.25) is 5.02 Å². The van der Waals surface area contributed by atoms with E-state index in [1.807, 2.05) is 30.3 Å². The fourth-order valence-corrected chi connectivity index (χ4v) is 4.34. The highest BCUT2D eigenvalue weighted by molar-refractivity contribution is 6.31. The highest BCUT2D eigenvalue weighted by Crippen LogP contribution is 2.56. The zero-order chi connectivity index (χ0) is 14.4. The molecule has 1 saturated carbocycles. The molecule has 0 radical (unpaired) electrons.